The Balaban J connectivity index is 3.46. The Labute approximate surface area is 86.8 Å². The molecule has 0 saturated carbocycles. The monoisotopic (exact) mass is 199 g/mol. The molecule has 82 valence electrons. The van der Waals surface area contributed by atoms with E-state index in [0.717, 1.165) is 25.8 Å². The average molecular weight is 199 g/mol. The van der Waals surface area contributed by atoms with E-state index >= 15 is 0 Å². The van der Waals surface area contributed by atoms with E-state index in [1.54, 1.807) is 7.11 Å². The van der Waals surface area contributed by atoms with Crippen LogP contribution in [0.5, 0.6) is 0 Å². The number of hydrogen-bond acceptors (Lipinski definition) is 3. The van der Waals surface area contributed by atoms with Gasteiger partial charge in [0.1, 0.15) is 0 Å². The Morgan fingerprint density at radius 1 is 1.57 bits per heavy atom. The molecule has 1 unspecified atom stereocenters. The molecule has 14 heavy (non-hydrogen) atoms. The van der Waals surface area contributed by atoms with Crippen molar-refractivity contribution in [1.82, 2.24) is 5.32 Å². The second-order valence-electron chi connectivity index (χ2n) is 3.72. The van der Waals surface area contributed by atoms with Crippen LogP contribution < -0.4 is 5.32 Å². The van der Waals surface area contributed by atoms with Crippen LogP contribution in [0.3, 0.4) is 0 Å². The zero-order valence-corrected chi connectivity index (χ0v) is 9.18. The lowest BCUT2D eigenvalue weighted by molar-refractivity contribution is 0.0475. The molecule has 0 saturated heterocycles. The maximum absolute atomic E-state index is 9.87. The van der Waals surface area contributed by atoms with E-state index in [2.05, 4.69) is 11.2 Å². The molecule has 0 bridgehead atoms. The second kappa shape index (κ2) is 7.81. The minimum atomic E-state index is -0.662. The maximum atomic E-state index is 9.87. The fraction of sp³-hybridized carbons (Fsp3) is 0.818. The van der Waals surface area contributed by atoms with Gasteiger partial charge in [0.05, 0.1) is 12.2 Å². The van der Waals surface area contributed by atoms with Gasteiger partial charge in [0.2, 0.25) is 0 Å². The van der Waals surface area contributed by atoms with Crippen molar-refractivity contribution in [1.29, 1.82) is 0 Å². The summed E-state index contributed by atoms with van der Waals surface area (Å²) in [6, 6.07) is 0. The summed E-state index contributed by atoms with van der Waals surface area (Å²) in [4.78, 5) is 0. The van der Waals surface area contributed by atoms with Crippen LogP contribution in [0.15, 0.2) is 0 Å². The summed E-state index contributed by atoms with van der Waals surface area (Å²) in [6.45, 7) is 3.84. The predicted octanol–water partition coefficient (Wildman–Crippen LogP) is 0.777. The Hall–Kier alpha value is -0.560. The molecule has 0 radical (unpaired) electrons. The first kappa shape index (κ1) is 13.4. The van der Waals surface area contributed by atoms with Crippen LogP contribution in [0.25, 0.3) is 0 Å². The van der Waals surface area contributed by atoms with Crippen LogP contribution in [-0.4, -0.2) is 37.5 Å². The number of nitrogens with one attached hydrogen (secondary N) is 1. The summed E-state index contributed by atoms with van der Waals surface area (Å²) < 4.78 is 4.88. The van der Waals surface area contributed by atoms with Gasteiger partial charge in [-0.1, -0.05) is 0 Å². The van der Waals surface area contributed by atoms with Crippen molar-refractivity contribution in [2.75, 3.05) is 26.8 Å². The lowest BCUT2D eigenvalue weighted by Crippen LogP contribution is -2.38. The zero-order valence-electron chi connectivity index (χ0n) is 9.18. The number of aliphatic hydroxyl groups is 1. The first-order chi connectivity index (χ1) is 6.62. The highest BCUT2D eigenvalue weighted by Crippen LogP contribution is 2.11. The Bertz CT molecular complexity index is 173. The van der Waals surface area contributed by atoms with Crippen molar-refractivity contribution in [3.05, 3.63) is 0 Å². The van der Waals surface area contributed by atoms with Crippen LogP contribution in [0, 0.1) is 12.3 Å². The van der Waals surface area contributed by atoms with E-state index in [1.165, 1.54) is 0 Å². The number of terminal acetylenes is 1. The van der Waals surface area contributed by atoms with Crippen molar-refractivity contribution in [3.63, 3.8) is 0 Å². The van der Waals surface area contributed by atoms with Gasteiger partial charge in [0.25, 0.3) is 0 Å². The van der Waals surface area contributed by atoms with Gasteiger partial charge in [0, 0.05) is 26.6 Å². The number of unbranched alkanes of at least 4 members (excludes halogenated alkanes) is 1. The number of rotatable bonds is 8. The molecule has 0 aliphatic rings. The quantitative estimate of drug-likeness (QED) is 0.448. The van der Waals surface area contributed by atoms with Gasteiger partial charge in [-0.25, -0.2) is 0 Å². The molecule has 0 aliphatic carbocycles. The Morgan fingerprint density at radius 3 is 2.86 bits per heavy atom. The topological polar surface area (TPSA) is 41.5 Å². The molecule has 2 N–H and O–H groups in total. The second-order valence-corrected chi connectivity index (χ2v) is 3.72. The summed E-state index contributed by atoms with van der Waals surface area (Å²) in [5.74, 6) is 2.57. The number of methoxy groups -OCH3 is 1. The normalized spacial score (nSPS) is 14.7. The predicted molar refractivity (Wildman–Crippen MR) is 58.1 cm³/mol. The summed E-state index contributed by atoms with van der Waals surface area (Å²) >= 11 is 0. The molecule has 0 amide bonds. The minimum absolute atomic E-state index is 0.584. The number of ether oxygens (including phenoxy) is 1. The highest BCUT2D eigenvalue weighted by Gasteiger charge is 2.18. The smallest absolute Gasteiger partial charge is 0.0743 e. The molecule has 0 fully saturated rings. The van der Waals surface area contributed by atoms with Crippen LogP contribution in [0.4, 0.5) is 0 Å². The molecule has 0 aromatic rings. The van der Waals surface area contributed by atoms with Crippen LogP contribution >= 0.6 is 0 Å². The van der Waals surface area contributed by atoms with E-state index in [1.807, 2.05) is 6.92 Å². The summed E-state index contributed by atoms with van der Waals surface area (Å²) in [7, 11) is 1.66. The van der Waals surface area contributed by atoms with Crippen molar-refractivity contribution >= 4 is 0 Å². The van der Waals surface area contributed by atoms with Crippen molar-refractivity contribution in [3.8, 4) is 12.3 Å². The first-order valence-corrected chi connectivity index (χ1v) is 4.98. The SMILES string of the molecule is C#CCCCC(C)(O)CNCCOC. The van der Waals surface area contributed by atoms with E-state index < -0.39 is 5.60 Å². The van der Waals surface area contributed by atoms with Crippen LogP contribution in [-0.2, 0) is 4.74 Å². The Kier molecular flexibility index (Phi) is 7.50. The lowest BCUT2D eigenvalue weighted by atomic mass is 9.99. The number of hydrogen-bond donors (Lipinski definition) is 2. The molecule has 0 rings (SSSR count). The molecule has 0 spiro atoms. The van der Waals surface area contributed by atoms with E-state index in [9.17, 15) is 5.11 Å². The summed E-state index contributed by atoms with van der Waals surface area (Å²) in [5.41, 5.74) is -0.662. The highest BCUT2D eigenvalue weighted by atomic mass is 16.5. The Morgan fingerprint density at radius 2 is 2.29 bits per heavy atom. The molecular weight excluding hydrogens is 178 g/mol. The van der Waals surface area contributed by atoms with Gasteiger partial charge in [-0.15, -0.1) is 12.3 Å². The third-order valence-electron chi connectivity index (χ3n) is 2.03. The van der Waals surface area contributed by atoms with Crippen LogP contribution in [0.2, 0.25) is 0 Å². The van der Waals surface area contributed by atoms with Gasteiger partial charge in [-0.2, -0.15) is 0 Å². The third kappa shape index (κ3) is 8.06. The lowest BCUT2D eigenvalue weighted by Gasteiger charge is -2.23. The van der Waals surface area contributed by atoms with E-state index in [0.29, 0.717) is 13.2 Å². The largest absolute Gasteiger partial charge is 0.389 e. The van der Waals surface area contributed by atoms with Gasteiger partial charge in [-0.05, 0) is 19.8 Å². The maximum Gasteiger partial charge on any atom is 0.0743 e. The van der Waals surface area contributed by atoms with Gasteiger partial charge >= 0.3 is 0 Å². The average Bonchev–Trinajstić information content (AvgIpc) is 2.13. The molecule has 3 heteroatoms. The molecule has 0 aliphatic heterocycles. The third-order valence-corrected chi connectivity index (χ3v) is 2.03. The molecule has 0 aromatic carbocycles. The minimum Gasteiger partial charge on any atom is -0.389 e. The molecule has 3 nitrogen and oxygen atoms in total. The standard InChI is InChI=1S/C11H21NO2/c1-4-5-6-7-11(2,13)10-12-8-9-14-3/h1,12-13H,5-10H2,2-3H3. The first-order valence-electron chi connectivity index (χ1n) is 4.98. The fourth-order valence-corrected chi connectivity index (χ4v) is 1.19. The van der Waals surface area contributed by atoms with E-state index in [-0.39, 0.29) is 0 Å². The zero-order chi connectivity index (χ0) is 10.9. The van der Waals surface area contributed by atoms with Gasteiger partial charge < -0.3 is 15.2 Å². The van der Waals surface area contributed by atoms with Crippen molar-refractivity contribution in [2.45, 2.75) is 31.8 Å². The molecule has 0 aromatic heterocycles. The fourth-order valence-electron chi connectivity index (χ4n) is 1.19. The van der Waals surface area contributed by atoms with Gasteiger partial charge in [0.15, 0.2) is 0 Å². The van der Waals surface area contributed by atoms with Gasteiger partial charge in [-0.3, -0.25) is 0 Å². The molecule has 1 atom stereocenters. The van der Waals surface area contributed by atoms with Crippen LogP contribution in [0.1, 0.15) is 26.2 Å². The molecule has 0 heterocycles. The summed E-state index contributed by atoms with van der Waals surface area (Å²) in [6.07, 6.45) is 7.47. The molecular formula is C11H21NO2. The highest BCUT2D eigenvalue weighted by molar-refractivity contribution is 4.85. The van der Waals surface area contributed by atoms with Crippen molar-refractivity contribution in [2.24, 2.45) is 0 Å². The van der Waals surface area contributed by atoms with Crippen molar-refractivity contribution < 1.29 is 9.84 Å². The summed E-state index contributed by atoms with van der Waals surface area (Å²) in [5, 5.41) is 13.0. The van der Waals surface area contributed by atoms with E-state index in [4.69, 9.17) is 11.2 Å².